The highest BCUT2D eigenvalue weighted by Crippen LogP contribution is 2.39. The number of nitrogens with zero attached hydrogens (tertiary/aromatic N) is 1. The summed E-state index contributed by atoms with van der Waals surface area (Å²) in [6, 6.07) is -1.08. The number of carbonyl (C=O) groups excluding carboxylic acids is 4. The predicted octanol–water partition coefficient (Wildman–Crippen LogP) is 6.43. The van der Waals surface area contributed by atoms with E-state index in [0.717, 1.165) is 36.8 Å². The zero-order chi connectivity index (χ0) is 40.4. The van der Waals surface area contributed by atoms with E-state index in [1.54, 1.807) is 27.0 Å². The first-order valence-corrected chi connectivity index (χ1v) is 20.8. The molecule has 3 fully saturated rings. The van der Waals surface area contributed by atoms with Gasteiger partial charge >= 0.3 is 5.97 Å². The predicted molar refractivity (Wildman–Crippen MR) is 210 cm³/mol. The lowest BCUT2D eigenvalue weighted by atomic mass is 9.82. The lowest BCUT2D eigenvalue weighted by Gasteiger charge is -2.47. The Labute approximate surface area is 329 Å². The minimum atomic E-state index is -2.48. The van der Waals surface area contributed by atoms with Crippen LogP contribution in [0, 0.1) is 29.6 Å². The van der Waals surface area contributed by atoms with Crippen molar-refractivity contribution < 1.29 is 48.3 Å². The summed E-state index contributed by atoms with van der Waals surface area (Å²) in [6.07, 6.45) is 11.5. The second kappa shape index (κ2) is 20.6. The van der Waals surface area contributed by atoms with Crippen LogP contribution in [0.5, 0.6) is 0 Å². The van der Waals surface area contributed by atoms with Crippen LogP contribution in [0.15, 0.2) is 36.0 Å². The molecule has 4 rings (SSSR count). The molecular weight excluding hydrogens is 702 g/mol. The highest BCUT2D eigenvalue weighted by atomic mass is 16.7. The van der Waals surface area contributed by atoms with E-state index in [1.807, 2.05) is 19.9 Å². The highest BCUT2D eigenvalue weighted by Gasteiger charge is 2.56. The average molecular weight is 772 g/mol. The molecule has 4 aliphatic rings. The largest absolute Gasteiger partial charge is 0.456 e. The summed E-state index contributed by atoms with van der Waals surface area (Å²) in [4.78, 5) is 57.8. The van der Waals surface area contributed by atoms with Gasteiger partial charge in [0.2, 0.25) is 5.79 Å². The van der Waals surface area contributed by atoms with Gasteiger partial charge in [-0.1, -0.05) is 70.3 Å². The van der Waals surface area contributed by atoms with Crippen molar-refractivity contribution in [1.82, 2.24) is 4.90 Å². The summed E-state index contributed by atoms with van der Waals surface area (Å²) >= 11 is 0. The van der Waals surface area contributed by atoms with Crippen molar-refractivity contribution in [2.24, 2.45) is 29.6 Å². The van der Waals surface area contributed by atoms with E-state index in [2.05, 4.69) is 19.6 Å². The van der Waals surface area contributed by atoms with Crippen molar-refractivity contribution in [3.63, 3.8) is 0 Å². The number of carbonyl (C=O) groups is 4. The summed E-state index contributed by atoms with van der Waals surface area (Å²) < 4.78 is 24.3. The third kappa shape index (κ3) is 11.2. The van der Waals surface area contributed by atoms with E-state index < -0.39 is 77.8 Å². The molecule has 55 heavy (non-hydrogen) atoms. The fourth-order valence-electron chi connectivity index (χ4n) is 9.35. The van der Waals surface area contributed by atoms with Crippen LogP contribution in [0.3, 0.4) is 0 Å². The summed E-state index contributed by atoms with van der Waals surface area (Å²) in [5.74, 6) is -7.05. The van der Waals surface area contributed by atoms with Gasteiger partial charge in [0, 0.05) is 44.9 Å². The minimum absolute atomic E-state index is 0.0348. The second-order valence-corrected chi connectivity index (χ2v) is 17.1. The number of fused-ring (bicyclic) bond motifs is 3. The molecule has 11 atom stereocenters. The maximum atomic E-state index is 14.3. The third-order valence-corrected chi connectivity index (χ3v) is 12.7. The van der Waals surface area contributed by atoms with Crippen molar-refractivity contribution in [3.8, 4) is 0 Å². The number of ether oxygens (including phenoxy) is 4. The standard InChI is InChI=1S/C44H69NO10/c1-9-16-33-22-27(2)21-28(3)23-37(52-7)40-38(53-8)25-30(5)44(51,55-40)41(48)42(49)45-20-15-14-19-34(45)43(50)54-39(31(6)35(46)26-36(33)47)29(4)24-32-17-12-10-11-13-18-32/h9,22,24,28,30-35,37-40,46,51H,1,10-21,23,25-26H2,2-8H3/b27-22+,29-24+/t28-,30+,31+,33+,34-,35-,37-,38-,39+,40+,44+/m0/s1. The van der Waals surface area contributed by atoms with Crippen molar-refractivity contribution in [2.45, 2.75) is 167 Å². The van der Waals surface area contributed by atoms with Crippen molar-refractivity contribution in [2.75, 3.05) is 20.8 Å². The van der Waals surface area contributed by atoms with E-state index in [0.29, 0.717) is 38.0 Å². The molecule has 0 aromatic heterocycles. The molecule has 1 aliphatic carbocycles. The van der Waals surface area contributed by atoms with E-state index in [1.165, 1.54) is 24.9 Å². The fraction of sp³-hybridized carbons (Fsp3) is 0.773. The monoisotopic (exact) mass is 771 g/mol. The van der Waals surface area contributed by atoms with Crippen LogP contribution < -0.4 is 0 Å². The number of hydrogen-bond donors (Lipinski definition) is 2. The molecule has 0 aromatic rings. The quantitative estimate of drug-likeness (QED) is 0.134. The number of aliphatic hydroxyl groups excluding tert-OH is 1. The number of aliphatic hydroxyl groups is 2. The summed E-state index contributed by atoms with van der Waals surface area (Å²) in [5, 5.41) is 23.7. The Morgan fingerprint density at radius 2 is 1.60 bits per heavy atom. The van der Waals surface area contributed by atoms with Gasteiger partial charge < -0.3 is 34.1 Å². The van der Waals surface area contributed by atoms with Crippen molar-refractivity contribution in [3.05, 3.63) is 36.0 Å². The van der Waals surface area contributed by atoms with Crippen molar-refractivity contribution in [1.29, 1.82) is 0 Å². The zero-order valence-electron chi connectivity index (χ0n) is 34.5. The first-order chi connectivity index (χ1) is 26.1. The third-order valence-electron chi connectivity index (χ3n) is 12.7. The van der Waals surface area contributed by atoms with Crippen LogP contribution in [0.2, 0.25) is 0 Å². The molecule has 2 saturated heterocycles. The molecule has 1 saturated carbocycles. The van der Waals surface area contributed by atoms with Gasteiger partial charge in [-0.2, -0.15) is 0 Å². The molecule has 11 heteroatoms. The van der Waals surface area contributed by atoms with E-state index in [9.17, 15) is 29.4 Å². The number of esters is 1. The maximum absolute atomic E-state index is 14.3. The molecule has 0 unspecified atom stereocenters. The average Bonchev–Trinajstić information content (AvgIpc) is 3.43. The molecule has 2 bridgehead atoms. The topological polar surface area (TPSA) is 149 Å². The van der Waals surface area contributed by atoms with Gasteiger partial charge in [0.25, 0.3) is 11.7 Å². The van der Waals surface area contributed by atoms with E-state index in [4.69, 9.17) is 18.9 Å². The molecular formula is C44H69NO10. The molecule has 0 radical (unpaired) electrons. The number of amides is 1. The number of hydrogen-bond acceptors (Lipinski definition) is 10. The van der Waals surface area contributed by atoms with Crippen LogP contribution in [0.1, 0.15) is 125 Å². The number of ketones is 2. The molecule has 3 heterocycles. The molecule has 0 spiro atoms. The van der Waals surface area contributed by atoms with Gasteiger partial charge in [-0.15, -0.1) is 6.58 Å². The minimum Gasteiger partial charge on any atom is -0.456 e. The molecule has 0 aromatic carbocycles. The second-order valence-electron chi connectivity index (χ2n) is 17.1. The number of Topliss-reactive ketones (excluding diaryl/α,β-unsaturated/α-hetero) is 2. The number of piperidine rings is 1. The Morgan fingerprint density at radius 3 is 2.24 bits per heavy atom. The lowest BCUT2D eigenvalue weighted by molar-refractivity contribution is -0.302. The molecule has 11 nitrogen and oxygen atoms in total. The summed E-state index contributed by atoms with van der Waals surface area (Å²) in [7, 11) is 3.08. The SMILES string of the molecule is C=CC[C@@H]1/C=C(\C)C[C@H](C)C[C@H](OC)[C@H]2O[C@@](O)(C(=O)C(=O)N3CCCC[C@H]3C(=O)O[C@H](/C(C)=C/C3CCCCCC3)[C@H](C)[C@@H](O)CC1=O)[C@H](C)C[C@@H]2OC. The van der Waals surface area contributed by atoms with Gasteiger partial charge in [-0.3, -0.25) is 14.4 Å². The highest BCUT2D eigenvalue weighted by molar-refractivity contribution is 6.39. The Morgan fingerprint density at radius 1 is 0.964 bits per heavy atom. The molecule has 3 aliphatic heterocycles. The molecule has 310 valence electrons. The van der Waals surface area contributed by atoms with E-state index >= 15 is 0 Å². The normalized spacial score (nSPS) is 38.5. The maximum Gasteiger partial charge on any atom is 0.329 e. The van der Waals surface area contributed by atoms with Gasteiger partial charge in [-0.05, 0) is 89.0 Å². The molecule has 2 N–H and O–H groups in total. The summed E-state index contributed by atoms with van der Waals surface area (Å²) in [5.41, 5.74) is 1.78. The summed E-state index contributed by atoms with van der Waals surface area (Å²) in [6.45, 7) is 13.4. The van der Waals surface area contributed by atoms with E-state index in [-0.39, 0.29) is 37.5 Å². The number of methoxy groups -OCH3 is 2. The number of rotatable bonds is 6. The Hall–Kier alpha value is -2.70. The fourth-order valence-corrected chi connectivity index (χ4v) is 9.35. The van der Waals surface area contributed by atoms with Crippen LogP contribution >= 0.6 is 0 Å². The lowest BCUT2D eigenvalue weighted by Crippen LogP contribution is -2.64. The van der Waals surface area contributed by atoms with Crippen LogP contribution in [-0.2, 0) is 38.1 Å². The van der Waals surface area contributed by atoms with Gasteiger partial charge in [0.05, 0.1) is 18.3 Å². The van der Waals surface area contributed by atoms with Gasteiger partial charge in [0.1, 0.15) is 24.0 Å². The molecule has 1 amide bonds. The van der Waals surface area contributed by atoms with Crippen LogP contribution in [0.4, 0.5) is 0 Å². The Kier molecular flexibility index (Phi) is 16.9. The Bertz CT molecular complexity index is 1400. The van der Waals surface area contributed by atoms with Gasteiger partial charge in [0.15, 0.2) is 0 Å². The van der Waals surface area contributed by atoms with Crippen LogP contribution in [-0.4, -0.2) is 102 Å². The Balaban J connectivity index is 1.78. The van der Waals surface area contributed by atoms with Crippen LogP contribution in [0.25, 0.3) is 0 Å². The smallest absolute Gasteiger partial charge is 0.329 e. The first kappa shape index (κ1) is 45.0. The number of cyclic esters (lactones) is 1. The van der Waals surface area contributed by atoms with Crippen molar-refractivity contribution >= 4 is 23.4 Å². The zero-order valence-corrected chi connectivity index (χ0v) is 34.5. The number of allylic oxidation sites excluding steroid dienone is 4. The van der Waals surface area contributed by atoms with Gasteiger partial charge in [-0.25, -0.2) is 4.79 Å². The first-order valence-electron chi connectivity index (χ1n) is 20.8.